The van der Waals surface area contributed by atoms with E-state index in [1.165, 1.54) is 0 Å². The summed E-state index contributed by atoms with van der Waals surface area (Å²) in [6, 6.07) is 13.6. The van der Waals surface area contributed by atoms with Crippen molar-refractivity contribution < 1.29 is 18.9 Å². The van der Waals surface area contributed by atoms with Crippen LogP contribution in [0.25, 0.3) is 10.8 Å². The number of benzene rings is 2. The summed E-state index contributed by atoms with van der Waals surface area (Å²) in [4.78, 5) is 4.36. The van der Waals surface area contributed by atoms with Crippen LogP contribution >= 0.6 is 0 Å². The molecule has 0 N–H and O–H groups in total. The third-order valence-electron chi connectivity index (χ3n) is 4.36. The molecule has 0 aliphatic heterocycles. The van der Waals surface area contributed by atoms with Gasteiger partial charge in [-0.25, -0.2) is 0 Å². The predicted octanol–water partition coefficient (Wildman–Crippen LogP) is 3.75. The Bertz CT molecular complexity index is 869. The molecule has 0 unspecified atom stereocenters. The van der Waals surface area contributed by atoms with Crippen LogP contribution in [0, 0.1) is 0 Å². The molecule has 0 bridgehead atoms. The Labute approximate surface area is 147 Å². The maximum Gasteiger partial charge on any atom is 0.224 e. The van der Waals surface area contributed by atoms with Gasteiger partial charge < -0.3 is 18.9 Å². The number of aromatic nitrogens is 1. The number of ether oxygens (including phenoxy) is 4. The minimum absolute atomic E-state index is 0.603. The van der Waals surface area contributed by atoms with Crippen LogP contribution in [0.15, 0.2) is 54.9 Å². The lowest BCUT2D eigenvalue weighted by atomic mass is 9.94. The molecule has 0 radical (unpaired) electrons. The number of methoxy groups -OCH3 is 4. The van der Waals surface area contributed by atoms with Crippen LogP contribution in [-0.4, -0.2) is 33.4 Å². The highest BCUT2D eigenvalue weighted by molar-refractivity contribution is 5.85. The van der Waals surface area contributed by atoms with E-state index >= 15 is 0 Å². The molecule has 25 heavy (non-hydrogen) atoms. The van der Waals surface area contributed by atoms with E-state index in [4.69, 9.17) is 18.9 Å². The fraction of sp³-hybridized carbons (Fsp3) is 0.250. The van der Waals surface area contributed by atoms with E-state index in [2.05, 4.69) is 4.98 Å². The van der Waals surface area contributed by atoms with Crippen LogP contribution in [0.5, 0.6) is 11.5 Å². The van der Waals surface area contributed by atoms with Crippen molar-refractivity contribution in [1.82, 2.24) is 4.98 Å². The molecule has 0 aliphatic carbocycles. The predicted molar refractivity (Wildman–Crippen MR) is 96.1 cm³/mol. The smallest absolute Gasteiger partial charge is 0.224 e. The van der Waals surface area contributed by atoms with Gasteiger partial charge in [0.1, 0.15) is 0 Å². The number of hydrogen-bond donors (Lipinski definition) is 0. The summed E-state index contributed by atoms with van der Waals surface area (Å²) in [5.74, 6) is 0.128. The molecule has 130 valence electrons. The monoisotopic (exact) mass is 339 g/mol. The van der Waals surface area contributed by atoms with Crippen molar-refractivity contribution in [3.8, 4) is 11.5 Å². The number of pyridine rings is 1. The molecule has 0 fully saturated rings. The molecule has 0 amide bonds. The molecule has 5 heteroatoms. The first-order chi connectivity index (χ1) is 12.2. The molecule has 0 saturated heterocycles. The van der Waals surface area contributed by atoms with Crippen LogP contribution in [0.3, 0.4) is 0 Å². The van der Waals surface area contributed by atoms with Gasteiger partial charge in [-0.3, -0.25) is 4.98 Å². The third-order valence-corrected chi connectivity index (χ3v) is 4.36. The van der Waals surface area contributed by atoms with Crippen molar-refractivity contribution in [1.29, 1.82) is 0 Å². The van der Waals surface area contributed by atoms with E-state index < -0.39 is 5.79 Å². The van der Waals surface area contributed by atoms with Crippen LogP contribution in [0.2, 0.25) is 0 Å². The Kier molecular flexibility index (Phi) is 4.88. The zero-order chi connectivity index (χ0) is 17.9. The Morgan fingerprint density at radius 2 is 1.52 bits per heavy atom. The van der Waals surface area contributed by atoms with Gasteiger partial charge in [0.2, 0.25) is 5.79 Å². The molecule has 3 rings (SSSR count). The van der Waals surface area contributed by atoms with E-state index in [-0.39, 0.29) is 0 Å². The van der Waals surface area contributed by atoms with Crippen molar-refractivity contribution in [3.05, 3.63) is 66.0 Å². The summed E-state index contributed by atoms with van der Waals surface area (Å²) < 4.78 is 22.5. The highest BCUT2D eigenvalue weighted by atomic mass is 16.7. The van der Waals surface area contributed by atoms with Crippen LogP contribution in [0.1, 0.15) is 11.1 Å². The maximum absolute atomic E-state index is 5.88. The van der Waals surface area contributed by atoms with Gasteiger partial charge in [0, 0.05) is 43.1 Å². The SMILES string of the molecule is COc1ccc(C(OC)(OC)c2cncc3ccccc23)cc1OC. The number of hydrogen-bond acceptors (Lipinski definition) is 5. The molecular formula is C20H21NO4. The zero-order valence-electron chi connectivity index (χ0n) is 14.8. The molecule has 1 aromatic heterocycles. The van der Waals surface area contributed by atoms with E-state index in [9.17, 15) is 0 Å². The van der Waals surface area contributed by atoms with Gasteiger partial charge in [-0.1, -0.05) is 24.3 Å². The highest BCUT2D eigenvalue weighted by Crippen LogP contribution is 2.40. The lowest BCUT2D eigenvalue weighted by molar-refractivity contribution is -0.183. The van der Waals surface area contributed by atoms with Gasteiger partial charge in [0.15, 0.2) is 11.5 Å². The fourth-order valence-electron chi connectivity index (χ4n) is 3.11. The Morgan fingerprint density at radius 1 is 0.800 bits per heavy atom. The van der Waals surface area contributed by atoms with Crippen molar-refractivity contribution in [2.24, 2.45) is 0 Å². The van der Waals surface area contributed by atoms with E-state index in [0.717, 1.165) is 21.9 Å². The lowest BCUT2D eigenvalue weighted by Crippen LogP contribution is -2.32. The summed E-state index contributed by atoms with van der Waals surface area (Å²) in [6.07, 6.45) is 3.59. The third kappa shape index (κ3) is 2.81. The average molecular weight is 339 g/mol. The molecule has 3 aromatic rings. The number of rotatable bonds is 6. The minimum Gasteiger partial charge on any atom is -0.493 e. The molecule has 0 aliphatic rings. The van der Waals surface area contributed by atoms with Crippen LogP contribution in [-0.2, 0) is 15.3 Å². The van der Waals surface area contributed by atoms with Crippen molar-refractivity contribution in [3.63, 3.8) is 0 Å². The molecule has 0 spiro atoms. The van der Waals surface area contributed by atoms with Crippen molar-refractivity contribution in [2.45, 2.75) is 5.79 Å². The summed E-state index contributed by atoms with van der Waals surface area (Å²) in [7, 11) is 6.43. The highest BCUT2D eigenvalue weighted by Gasteiger charge is 2.37. The second-order valence-electron chi connectivity index (χ2n) is 5.50. The first-order valence-electron chi connectivity index (χ1n) is 7.86. The van der Waals surface area contributed by atoms with E-state index in [1.54, 1.807) is 34.6 Å². The van der Waals surface area contributed by atoms with Gasteiger partial charge in [-0.15, -0.1) is 0 Å². The van der Waals surface area contributed by atoms with Crippen molar-refractivity contribution >= 4 is 10.8 Å². The Morgan fingerprint density at radius 3 is 2.20 bits per heavy atom. The molecule has 2 aromatic carbocycles. The topological polar surface area (TPSA) is 49.8 Å². The van der Waals surface area contributed by atoms with Crippen LogP contribution in [0.4, 0.5) is 0 Å². The van der Waals surface area contributed by atoms with E-state index in [1.807, 2.05) is 48.7 Å². The molecule has 0 atom stereocenters. The second kappa shape index (κ2) is 7.09. The molecule has 0 saturated carbocycles. The Balaban J connectivity index is 2.26. The van der Waals surface area contributed by atoms with Crippen LogP contribution < -0.4 is 9.47 Å². The van der Waals surface area contributed by atoms with Gasteiger partial charge >= 0.3 is 0 Å². The normalized spacial score (nSPS) is 11.5. The molecule has 1 heterocycles. The Hall–Kier alpha value is -2.63. The van der Waals surface area contributed by atoms with Crippen molar-refractivity contribution in [2.75, 3.05) is 28.4 Å². The minimum atomic E-state index is -1.12. The van der Waals surface area contributed by atoms with Gasteiger partial charge in [0.25, 0.3) is 0 Å². The van der Waals surface area contributed by atoms with Gasteiger partial charge in [0.05, 0.1) is 14.2 Å². The quantitative estimate of drug-likeness (QED) is 0.640. The fourth-order valence-corrected chi connectivity index (χ4v) is 3.11. The summed E-state index contributed by atoms with van der Waals surface area (Å²) in [6.45, 7) is 0. The maximum atomic E-state index is 5.88. The summed E-state index contributed by atoms with van der Waals surface area (Å²) in [5.41, 5.74) is 1.61. The number of nitrogens with zero attached hydrogens (tertiary/aromatic N) is 1. The first kappa shape index (κ1) is 17.2. The lowest BCUT2D eigenvalue weighted by Gasteiger charge is -2.32. The first-order valence-corrected chi connectivity index (χ1v) is 7.86. The van der Waals surface area contributed by atoms with Gasteiger partial charge in [-0.05, 0) is 23.6 Å². The van der Waals surface area contributed by atoms with Gasteiger partial charge in [-0.2, -0.15) is 0 Å². The second-order valence-corrected chi connectivity index (χ2v) is 5.50. The van der Waals surface area contributed by atoms with E-state index in [0.29, 0.717) is 11.5 Å². The summed E-state index contributed by atoms with van der Waals surface area (Å²) >= 11 is 0. The zero-order valence-corrected chi connectivity index (χ0v) is 14.8. The average Bonchev–Trinajstić information content (AvgIpc) is 2.69. The standard InChI is InChI=1S/C20H21NO4/c1-22-18-10-9-15(11-19(18)23-2)20(24-3,25-4)17-13-21-12-14-7-5-6-8-16(14)17/h5-13H,1-4H3. The number of fused-ring (bicyclic) bond motifs is 1. The molecule has 5 nitrogen and oxygen atoms in total. The summed E-state index contributed by atoms with van der Waals surface area (Å²) in [5, 5.41) is 2.02. The largest absolute Gasteiger partial charge is 0.493 e. The molecular weight excluding hydrogens is 318 g/mol.